The number of rotatable bonds is 5. The van der Waals surface area contributed by atoms with Crippen LogP contribution in [0, 0.1) is 17.8 Å². The van der Waals surface area contributed by atoms with Crippen LogP contribution in [0.2, 0.25) is 0 Å². The smallest absolute Gasteiger partial charge is 0.289 e. The van der Waals surface area contributed by atoms with E-state index in [1.54, 1.807) is 18.4 Å². The molecule has 2 bridgehead atoms. The molecule has 1 aliphatic heterocycles. The zero-order valence-corrected chi connectivity index (χ0v) is 14.5. The fourth-order valence-corrected chi connectivity index (χ4v) is 4.42. The maximum absolute atomic E-state index is 13.0. The van der Waals surface area contributed by atoms with Crippen molar-refractivity contribution in [1.29, 1.82) is 0 Å². The van der Waals surface area contributed by atoms with E-state index in [0.717, 1.165) is 23.6 Å². The number of hydrogen-bond acceptors (Lipinski definition) is 4. The van der Waals surface area contributed by atoms with Crippen LogP contribution >= 0.6 is 0 Å². The van der Waals surface area contributed by atoms with Crippen molar-refractivity contribution in [1.82, 2.24) is 4.90 Å². The first kappa shape index (κ1) is 15.6. The summed E-state index contributed by atoms with van der Waals surface area (Å²) in [6.45, 7) is 1.54. The monoisotopic (exact) mass is 351 g/mol. The van der Waals surface area contributed by atoms with E-state index >= 15 is 0 Å². The van der Waals surface area contributed by atoms with Crippen LogP contribution in [0.15, 0.2) is 53.2 Å². The lowest BCUT2D eigenvalue weighted by atomic mass is 9.93. The van der Waals surface area contributed by atoms with Crippen LogP contribution in [0.4, 0.5) is 0 Å². The first-order chi connectivity index (χ1) is 12.8. The van der Waals surface area contributed by atoms with Gasteiger partial charge in [0.1, 0.15) is 0 Å². The standard InChI is InChI=1S/C21H21NO4/c23-21(19-2-1-7-24-19)22(12-17-9-14-3-5-16(17)8-14)11-15-4-6-18-20(10-15)26-13-25-18/h1-7,10,14,16-17H,8-9,11-13H2/t14-,16-,17+/m0/s1. The number of furan rings is 1. The number of carbonyl (C=O) groups is 1. The van der Waals surface area contributed by atoms with Crippen LogP contribution in [0.25, 0.3) is 0 Å². The van der Waals surface area contributed by atoms with E-state index in [2.05, 4.69) is 12.2 Å². The highest BCUT2D eigenvalue weighted by Crippen LogP contribution is 2.44. The summed E-state index contributed by atoms with van der Waals surface area (Å²) in [7, 11) is 0. The Morgan fingerprint density at radius 3 is 2.81 bits per heavy atom. The van der Waals surface area contributed by atoms with Gasteiger partial charge < -0.3 is 18.8 Å². The van der Waals surface area contributed by atoms with Crippen molar-refractivity contribution in [2.45, 2.75) is 19.4 Å². The molecule has 0 N–H and O–H groups in total. The predicted molar refractivity (Wildman–Crippen MR) is 94.9 cm³/mol. The van der Waals surface area contributed by atoms with Crippen molar-refractivity contribution >= 4 is 5.91 Å². The lowest BCUT2D eigenvalue weighted by Gasteiger charge is -2.28. The fraction of sp³-hybridized carbons (Fsp3) is 0.381. The molecule has 2 aromatic rings. The summed E-state index contributed by atoms with van der Waals surface area (Å²) in [6, 6.07) is 9.36. The molecule has 26 heavy (non-hydrogen) atoms. The fourth-order valence-electron chi connectivity index (χ4n) is 4.42. The van der Waals surface area contributed by atoms with Crippen molar-refractivity contribution < 1.29 is 18.7 Å². The van der Waals surface area contributed by atoms with Crippen molar-refractivity contribution in [2.24, 2.45) is 17.8 Å². The quantitative estimate of drug-likeness (QED) is 0.768. The third kappa shape index (κ3) is 2.77. The maximum atomic E-state index is 13.0. The number of fused-ring (bicyclic) bond motifs is 3. The minimum Gasteiger partial charge on any atom is -0.459 e. The van der Waals surface area contributed by atoms with E-state index in [0.29, 0.717) is 30.1 Å². The summed E-state index contributed by atoms with van der Waals surface area (Å²) in [5, 5.41) is 0. The van der Waals surface area contributed by atoms with Gasteiger partial charge in [0.05, 0.1) is 6.26 Å². The minimum atomic E-state index is -0.0561. The van der Waals surface area contributed by atoms with Crippen LogP contribution in [0.5, 0.6) is 11.5 Å². The van der Waals surface area contributed by atoms with Crippen molar-refractivity contribution in [2.75, 3.05) is 13.3 Å². The summed E-state index contributed by atoms with van der Waals surface area (Å²) in [5.74, 6) is 3.66. The number of hydrogen-bond donors (Lipinski definition) is 0. The molecule has 0 saturated heterocycles. The third-order valence-corrected chi connectivity index (χ3v) is 5.70. The summed E-state index contributed by atoms with van der Waals surface area (Å²) in [6.07, 6.45) is 8.61. The number of ether oxygens (including phenoxy) is 2. The molecule has 0 spiro atoms. The van der Waals surface area contributed by atoms with E-state index in [1.165, 1.54) is 12.8 Å². The van der Waals surface area contributed by atoms with Crippen LogP contribution in [0.1, 0.15) is 29.0 Å². The van der Waals surface area contributed by atoms with Gasteiger partial charge in [0.15, 0.2) is 17.3 Å². The molecule has 1 aromatic heterocycles. The van der Waals surface area contributed by atoms with Gasteiger partial charge in [-0.15, -0.1) is 0 Å². The second-order valence-electron chi connectivity index (χ2n) is 7.39. The lowest BCUT2D eigenvalue weighted by molar-refractivity contribution is 0.0672. The molecule has 5 heteroatoms. The van der Waals surface area contributed by atoms with Gasteiger partial charge in [-0.1, -0.05) is 18.2 Å². The Morgan fingerprint density at radius 1 is 1.12 bits per heavy atom. The number of amides is 1. The second kappa shape index (κ2) is 6.24. The molecule has 134 valence electrons. The molecule has 3 atom stereocenters. The van der Waals surface area contributed by atoms with Crippen molar-refractivity contribution in [3.8, 4) is 11.5 Å². The van der Waals surface area contributed by atoms with Crippen molar-refractivity contribution in [3.05, 3.63) is 60.1 Å². The molecule has 5 nitrogen and oxygen atoms in total. The SMILES string of the molecule is O=C(c1ccco1)N(Cc1ccc2c(c1)OCO2)C[C@H]1C[C@H]2C=C[C@H]1C2. The van der Waals surface area contributed by atoms with E-state index < -0.39 is 0 Å². The van der Waals surface area contributed by atoms with Gasteiger partial charge in [-0.05, 0) is 60.4 Å². The van der Waals surface area contributed by atoms with Gasteiger partial charge in [0.25, 0.3) is 5.91 Å². The molecule has 0 unspecified atom stereocenters. The lowest BCUT2D eigenvalue weighted by Crippen LogP contribution is -2.36. The summed E-state index contributed by atoms with van der Waals surface area (Å²) in [4.78, 5) is 14.9. The Morgan fingerprint density at radius 2 is 2.04 bits per heavy atom. The number of nitrogens with zero attached hydrogens (tertiary/aromatic N) is 1. The molecular formula is C21H21NO4. The Balaban J connectivity index is 1.38. The Kier molecular flexibility index (Phi) is 3.73. The summed E-state index contributed by atoms with van der Waals surface area (Å²) >= 11 is 0. The minimum absolute atomic E-state index is 0.0561. The van der Waals surface area contributed by atoms with Crippen LogP contribution in [0.3, 0.4) is 0 Å². The Bertz CT molecular complexity index is 842. The van der Waals surface area contributed by atoms with Crippen LogP contribution in [-0.4, -0.2) is 24.1 Å². The van der Waals surface area contributed by atoms with E-state index in [9.17, 15) is 4.79 Å². The molecule has 0 radical (unpaired) electrons. The van der Waals surface area contributed by atoms with E-state index in [4.69, 9.17) is 13.9 Å². The van der Waals surface area contributed by atoms with E-state index in [-0.39, 0.29) is 12.7 Å². The number of allylic oxidation sites excluding steroid dienone is 2. The molecule has 3 aliphatic rings. The van der Waals surface area contributed by atoms with Gasteiger partial charge in [-0.3, -0.25) is 4.79 Å². The van der Waals surface area contributed by atoms with E-state index in [1.807, 2.05) is 23.1 Å². The molecule has 5 rings (SSSR count). The van der Waals surface area contributed by atoms with Crippen LogP contribution < -0.4 is 9.47 Å². The van der Waals surface area contributed by atoms with Gasteiger partial charge in [-0.25, -0.2) is 0 Å². The predicted octanol–water partition coefficient (Wildman–Crippen LogP) is 3.86. The largest absolute Gasteiger partial charge is 0.459 e. The summed E-state index contributed by atoms with van der Waals surface area (Å²) < 4.78 is 16.2. The molecular weight excluding hydrogens is 330 g/mol. The highest BCUT2D eigenvalue weighted by atomic mass is 16.7. The normalized spacial score (nSPS) is 25.0. The Hall–Kier alpha value is -2.69. The highest BCUT2D eigenvalue weighted by molar-refractivity contribution is 5.91. The van der Waals surface area contributed by atoms with Crippen LogP contribution in [-0.2, 0) is 6.54 Å². The second-order valence-corrected chi connectivity index (χ2v) is 7.39. The number of benzene rings is 1. The first-order valence-electron chi connectivity index (χ1n) is 9.16. The number of carbonyl (C=O) groups excluding carboxylic acids is 1. The van der Waals surface area contributed by atoms with Gasteiger partial charge >= 0.3 is 0 Å². The zero-order chi connectivity index (χ0) is 17.5. The van der Waals surface area contributed by atoms with Gasteiger partial charge in [0, 0.05) is 13.1 Å². The molecule has 1 amide bonds. The average Bonchev–Trinajstić information content (AvgIpc) is 3.44. The first-order valence-corrected chi connectivity index (χ1v) is 9.16. The average molecular weight is 351 g/mol. The molecule has 2 aliphatic carbocycles. The van der Waals surface area contributed by atoms with Crippen molar-refractivity contribution in [3.63, 3.8) is 0 Å². The third-order valence-electron chi connectivity index (χ3n) is 5.70. The molecule has 1 saturated carbocycles. The molecule has 1 fully saturated rings. The van der Waals surface area contributed by atoms with Gasteiger partial charge in [-0.2, -0.15) is 0 Å². The van der Waals surface area contributed by atoms with Gasteiger partial charge in [0.2, 0.25) is 6.79 Å². The molecule has 1 aromatic carbocycles. The summed E-state index contributed by atoms with van der Waals surface area (Å²) in [5.41, 5.74) is 1.04. The zero-order valence-electron chi connectivity index (χ0n) is 14.5. The Labute approximate surface area is 152 Å². The molecule has 2 heterocycles. The highest BCUT2D eigenvalue weighted by Gasteiger charge is 2.37. The maximum Gasteiger partial charge on any atom is 0.289 e. The topological polar surface area (TPSA) is 51.9 Å².